The summed E-state index contributed by atoms with van der Waals surface area (Å²) in [7, 11) is 0. The van der Waals surface area contributed by atoms with Crippen molar-refractivity contribution in [3.63, 3.8) is 0 Å². The van der Waals surface area contributed by atoms with Crippen LogP contribution in [0.4, 0.5) is 5.82 Å². The molecule has 0 saturated carbocycles. The maximum absolute atomic E-state index is 5.33. The zero-order valence-electron chi connectivity index (χ0n) is 22.2. The zero-order chi connectivity index (χ0) is 26.4. The van der Waals surface area contributed by atoms with E-state index >= 15 is 0 Å². The highest BCUT2D eigenvalue weighted by Gasteiger charge is 2.18. The Bertz CT molecular complexity index is 1790. The number of benzene rings is 2. The number of nitrogens with one attached hydrogen (secondary N) is 1. The van der Waals surface area contributed by atoms with Crippen molar-refractivity contribution >= 4 is 39.8 Å². The molecule has 0 fully saturated rings. The lowest BCUT2D eigenvalue weighted by Crippen LogP contribution is -2.05. The third-order valence-electron chi connectivity index (χ3n) is 7.08. The molecule has 192 valence electrons. The van der Waals surface area contributed by atoms with Gasteiger partial charge in [-0.05, 0) is 75.0 Å². The maximum atomic E-state index is 5.33. The molecular formula is C30H30N6OS. The Kier molecular flexibility index (Phi) is 6.19. The van der Waals surface area contributed by atoms with Crippen molar-refractivity contribution in [2.24, 2.45) is 0 Å². The number of anilines is 1. The molecule has 0 saturated heterocycles. The molecule has 0 spiro atoms. The Morgan fingerprint density at radius 2 is 1.76 bits per heavy atom. The summed E-state index contributed by atoms with van der Waals surface area (Å²) in [4.78, 5) is 10.9. The van der Waals surface area contributed by atoms with Gasteiger partial charge in [0.25, 0.3) is 0 Å². The average Bonchev–Trinajstić information content (AvgIpc) is 3.57. The molecule has 4 heterocycles. The second-order valence-electron chi connectivity index (χ2n) is 9.65. The summed E-state index contributed by atoms with van der Waals surface area (Å²) in [6.07, 6.45) is 3.10. The summed E-state index contributed by atoms with van der Waals surface area (Å²) in [5.41, 5.74) is 8.62. The molecule has 2 aromatic carbocycles. The molecule has 38 heavy (non-hydrogen) atoms. The summed E-state index contributed by atoms with van der Waals surface area (Å²) >= 11 is 1.54. The minimum Gasteiger partial charge on any atom is -0.359 e. The number of aryl methyl sites for hydroxylation is 4. The Labute approximate surface area is 226 Å². The van der Waals surface area contributed by atoms with E-state index in [2.05, 4.69) is 93.7 Å². The average molecular weight is 523 g/mol. The number of fused-ring (bicyclic) bond motifs is 2. The smallest absolute Gasteiger partial charge is 0.182 e. The van der Waals surface area contributed by atoms with E-state index in [1.165, 1.54) is 28.5 Å². The molecule has 0 atom stereocenters. The number of para-hydroxylation sites is 2. The lowest BCUT2D eigenvalue weighted by Gasteiger charge is -2.12. The third kappa shape index (κ3) is 4.15. The van der Waals surface area contributed by atoms with Crippen LogP contribution in [0, 0.1) is 27.7 Å². The van der Waals surface area contributed by atoms with Crippen molar-refractivity contribution < 1.29 is 4.52 Å². The highest BCUT2D eigenvalue weighted by atomic mass is 32.2. The fraction of sp³-hybridized carbons (Fsp3) is 0.233. The van der Waals surface area contributed by atoms with E-state index in [0.717, 1.165) is 62.3 Å². The SMILES string of the molecule is CCc1nc2c(C)cc(C)nc2n1Cc1cn(-c2ccccc2SNc2noc(C)c2C)c2ccccc12. The van der Waals surface area contributed by atoms with Crippen LogP contribution in [0.3, 0.4) is 0 Å². The van der Waals surface area contributed by atoms with Crippen LogP contribution in [0.2, 0.25) is 0 Å². The van der Waals surface area contributed by atoms with E-state index < -0.39 is 0 Å². The Hall–Kier alpha value is -4.04. The minimum absolute atomic E-state index is 0.702. The maximum Gasteiger partial charge on any atom is 0.182 e. The van der Waals surface area contributed by atoms with Gasteiger partial charge in [0.2, 0.25) is 0 Å². The summed E-state index contributed by atoms with van der Waals surface area (Å²) < 4.78 is 13.3. The number of nitrogens with zero attached hydrogens (tertiary/aromatic N) is 5. The van der Waals surface area contributed by atoms with Crippen LogP contribution in [0.25, 0.3) is 27.8 Å². The molecule has 0 aliphatic carbocycles. The highest BCUT2D eigenvalue weighted by molar-refractivity contribution is 8.00. The van der Waals surface area contributed by atoms with Gasteiger partial charge in [0.1, 0.15) is 17.1 Å². The molecule has 0 aliphatic rings. The lowest BCUT2D eigenvalue weighted by molar-refractivity contribution is 0.399. The molecule has 7 nitrogen and oxygen atoms in total. The van der Waals surface area contributed by atoms with Gasteiger partial charge in [-0.1, -0.05) is 42.4 Å². The van der Waals surface area contributed by atoms with Crippen LogP contribution in [0.15, 0.2) is 70.2 Å². The van der Waals surface area contributed by atoms with Gasteiger partial charge in [-0.15, -0.1) is 0 Å². The molecule has 1 N–H and O–H groups in total. The molecule has 4 aromatic heterocycles. The van der Waals surface area contributed by atoms with E-state index in [4.69, 9.17) is 14.5 Å². The molecule has 0 amide bonds. The van der Waals surface area contributed by atoms with Gasteiger partial charge in [0.15, 0.2) is 11.5 Å². The molecule has 0 radical (unpaired) electrons. The van der Waals surface area contributed by atoms with Crippen molar-refractivity contribution in [1.82, 2.24) is 24.3 Å². The first-order valence-electron chi connectivity index (χ1n) is 12.8. The molecule has 8 heteroatoms. The van der Waals surface area contributed by atoms with Crippen LogP contribution in [0.5, 0.6) is 0 Å². The summed E-state index contributed by atoms with van der Waals surface area (Å²) in [6.45, 7) is 10.9. The van der Waals surface area contributed by atoms with Gasteiger partial charge in [-0.25, -0.2) is 9.97 Å². The Morgan fingerprint density at radius 1 is 0.974 bits per heavy atom. The predicted octanol–water partition coefficient (Wildman–Crippen LogP) is 7.33. The number of hydrogen-bond donors (Lipinski definition) is 1. The van der Waals surface area contributed by atoms with Crippen LogP contribution in [-0.4, -0.2) is 24.3 Å². The van der Waals surface area contributed by atoms with Gasteiger partial charge >= 0.3 is 0 Å². The van der Waals surface area contributed by atoms with Crippen molar-refractivity contribution in [2.75, 3.05) is 4.72 Å². The minimum atomic E-state index is 0.702. The number of hydrogen-bond acceptors (Lipinski definition) is 6. The van der Waals surface area contributed by atoms with Crippen molar-refractivity contribution in [1.29, 1.82) is 0 Å². The standard InChI is InChI=1S/C30H30N6OS/c1-6-27-32-28-18(2)15-19(3)31-30(28)36(27)17-22-16-35(24-12-8-7-11-23(22)24)25-13-9-10-14-26(25)38-34-29-20(4)21(5)37-33-29/h7-16H,6,17H2,1-5H3,(H,33,34). The Balaban J connectivity index is 1.43. The van der Waals surface area contributed by atoms with E-state index in [0.29, 0.717) is 6.54 Å². The first-order valence-corrected chi connectivity index (χ1v) is 13.6. The predicted molar refractivity (Wildman–Crippen MR) is 154 cm³/mol. The number of rotatable bonds is 7. The van der Waals surface area contributed by atoms with Crippen LogP contribution in [-0.2, 0) is 13.0 Å². The van der Waals surface area contributed by atoms with E-state index in [1.807, 2.05) is 20.8 Å². The van der Waals surface area contributed by atoms with Gasteiger partial charge < -0.3 is 18.4 Å². The van der Waals surface area contributed by atoms with Crippen molar-refractivity contribution in [2.45, 2.75) is 52.5 Å². The van der Waals surface area contributed by atoms with Crippen LogP contribution < -0.4 is 4.72 Å². The number of pyridine rings is 1. The highest BCUT2D eigenvalue weighted by Crippen LogP contribution is 2.33. The Morgan fingerprint density at radius 3 is 2.55 bits per heavy atom. The monoisotopic (exact) mass is 522 g/mol. The van der Waals surface area contributed by atoms with Crippen LogP contribution >= 0.6 is 11.9 Å². The van der Waals surface area contributed by atoms with E-state index in [1.54, 1.807) is 0 Å². The molecule has 0 bridgehead atoms. The fourth-order valence-corrected chi connectivity index (χ4v) is 5.80. The van der Waals surface area contributed by atoms with Crippen molar-refractivity contribution in [3.05, 3.63) is 94.8 Å². The largest absolute Gasteiger partial charge is 0.359 e. The third-order valence-corrected chi connectivity index (χ3v) is 7.94. The van der Waals surface area contributed by atoms with Gasteiger partial charge in [-0.2, -0.15) is 0 Å². The number of aromatic nitrogens is 5. The summed E-state index contributed by atoms with van der Waals surface area (Å²) in [5, 5.41) is 5.37. The molecule has 6 rings (SSSR count). The van der Waals surface area contributed by atoms with Crippen molar-refractivity contribution in [3.8, 4) is 5.69 Å². The molecule has 0 unspecified atom stereocenters. The molecule has 6 aromatic rings. The normalized spacial score (nSPS) is 11.6. The van der Waals surface area contributed by atoms with E-state index in [-0.39, 0.29) is 0 Å². The topological polar surface area (TPSA) is 73.7 Å². The first-order chi connectivity index (χ1) is 18.4. The lowest BCUT2D eigenvalue weighted by atomic mass is 10.1. The van der Waals surface area contributed by atoms with E-state index in [9.17, 15) is 0 Å². The zero-order valence-corrected chi connectivity index (χ0v) is 23.1. The van der Waals surface area contributed by atoms with Crippen LogP contribution in [0.1, 0.15) is 40.9 Å². The fourth-order valence-electron chi connectivity index (χ4n) is 4.99. The summed E-state index contributed by atoms with van der Waals surface area (Å²) in [5.74, 6) is 2.62. The number of imidazole rings is 1. The first kappa shape index (κ1) is 24.3. The van der Waals surface area contributed by atoms with Gasteiger partial charge in [-0.3, -0.25) is 0 Å². The van der Waals surface area contributed by atoms with Gasteiger partial charge in [0.05, 0.1) is 22.6 Å². The van der Waals surface area contributed by atoms with Gasteiger partial charge in [0, 0.05) is 29.3 Å². The quantitative estimate of drug-likeness (QED) is 0.221. The summed E-state index contributed by atoms with van der Waals surface area (Å²) in [6, 6.07) is 19.1. The second-order valence-corrected chi connectivity index (χ2v) is 10.5. The molecule has 0 aliphatic heterocycles. The second kappa shape index (κ2) is 9.68. The molecular weight excluding hydrogens is 492 g/mol.